The van der Waals surface area contributed by atoms with Gasteiger partial charge in [-0.3, -0.25) is 4.79 Å². The highest BCUT2D eigenvalue weighted by Gasteiger charge is 2.32. The van der Waals surface area contributed by atoms with Gasteiger partial charge in [-0.25, -0.2) is 0 Å². The Hall–Kier alpha value is -0.690. The van der Waals surface area contributed by atoms with Crippen molar-refractivity contribution in [3.8, 4) is 0 Å². The summed E-state index contributed by atoms with van der Waals surface area (Å²) in [6.45, 7) is 7.68. The van der Waals surface area contributed by atoms with Gasteiger partial charge in [0.25, 0.3) is 0 Å². The molecule has 2 N–H and O–H groups in total. The van der Waals surface area contributed by atoms with Crippen molar-refractivity contribution >= 4 is 5.97 Å². The zero-order valence-electron chi connectivity index (χ0n) is 12.4. The van der Waals surface area contributed by atoms with Gasteiger partial charge in [0.2, 0.25) is 0 Å². The van der Waals surface area contributed by atoms with E-state index in [1.54, 1.807) is 21.0 Å². The Morgan fingerprint density at radius 3 is 2.47 bits per heavy atom. The zero-order chi connectivity index (χ0) is 14.7. The Kier molecular flexibility index (Phi) is 9.77. The molecule has 114 valence electrons. The molecule has 0 aromatic heterocycles. The van der Waals surface area contributed by atoms with Gasteiger partial charge in [0.1, 0.15) is 5.54 Å². The van der Waals surface area contributed by atoms with Crippen molar-refractivity contribution in [3.63, 3.8) is 0 Å². The first-order chi connectivity index (χ1) is 8.94. The third kappa shape index (κ3) is 8.93. The molecule has 0 saturated carbocycles. The maximum absolute atomic E-state index is 11.6. The molecule has 0 amide bonds. The van der Waals surface area contributed by atoms with E-state index in [1.807, 2.05) is 6.92 Å². The number of nitrogens with two attached hydrogens (primary N) is 1. The fraction of sp³-hybridized carbons (Fsp3) is 0.923. The molecule has 0 fully saturated rings. The minimum absolute atomic E-state index is 0.134. The number of rotatable bonds is 11. The molecule has 0 aliphatic carbocycles. The molecule has 0 spiro atoms. The lowest BCUT2D eigenvalue weighted by Gasteiger charge is -2.25. The first-order valence-electron chi connectivity index (χ1n) is 6.58. The quantitative estimate of drug-likeness (QED) is 0.443. The second-order valence-corrected chi connectivity index (χ2v) is 4.63. The Labute approximate surface area is 115 Å². The van der Waals surface area contributed by atoms with E-state index >= 15 is 0 Å². The number of ether oxygens (including phenoxy) is 4. The third-order valence-corrected chi connectivity index (χ3v) is 2.52. The summed E-state index contributed by atoms with van der Waals surface area (Å²) in [7, 11) is 1.62. The maximum atomic E-state index is 11.6. The van der Waals surface area contributed by atoms with Crippen LogP contribution >= 0.6 is 0 Å². The van der Waals surface area contributed by atoms with Gasteiger partial charge < -0.3 is 24.7 Å². The second-order valence-electron chi connectivity index (χ2n) is 4.63. The molecule has 6 heteroatoms. The SMILES string of the molecule is CCOC(=O)C(C)(N)CC(C)OCCOCCOC. The number of hydrogen-bond acceptors (Lipinski definition) is 6. The van der Waals surface area contributed by atoms with Crippen LogP contribution in [0.25, 0.3) is 0 Å². The van der Waals surface area contributed by atoms with Crippen molar-refractivity contribution in [2.24, 2.45) is 5.73 Å². The highest BCUT2D eigenvalue weighted by atomic mass is 16.5. The van der Waals surface area contributed by atoms with Crippen molar-refractivity contribution in [2.75, 3.05) is 40.1 Å². The lowest BCUT2D eigenvalue weighted by atomic mass is 9.96. The number of carbonyl (C=O) groups excluding carboxylic acids is 1. The van der Waals surface area contributed by atoms with Gasteiger partial charge in [-0.05, 0) is 20.8 Å². The fourth-order valence-corrected chi connectivity index (χ4v) is 1.59. The van der Waals surface area contributed by atoms with Crippen LogP contribution in [0.1, 0.15) is 27.2 Å². The van der Waals surface area contributed by atoms with E-state index in [-0.39, 0.29) is 6.10 Å². The number of carbonyl (C=O) groups is 1. The van der Waals surface area contributed by atoms with Crippen LogP contribution in [0.5, 0.6) is 0 Å². The van der Waals surface area contributed by atoms with Crippen molar-refractivity contribution in [2.45, 2.75) is 38.8 Å². The van der Waals surface area contributed by atoms with Gasteiger partial charge in [0, 0.05) is 13.5 Å². The molecular weight excluding hydrogens is 250 g/mol. The summed E-state index contributed by atoms with van der Waals surface area (Å²) in [5, 5.41) is 0. The number of hydrogen-bond donors (Lipinski definition) is 1. The van der Waals surface area contributed by atoms with Crippen LogP contribution in [0.4, 0.5) is 0 Å². The summed E-state index contributed by atoms with van der Waals surface area (Å²) >= 11 is 0. The van der Waals surface area contributed by atoms with Gasteiger partial charge in [-0.1, -0.05) is 0 Å². The van der Waals surface area contributed by atoms with Crippen molar-refractivity contribution in [1.82, 2.24) is 0 Å². The summed E-state index contributed by atoms with van der Waals surface area (Å²) in [5.41, 5.74) is 4.89. The van der Waals surface area contributed by atoms with Crippen LogP contribution in [0.3, 0.4) is 0 Å². The fourth-order valence-electron chi connectivity index (χ4n) is 1.59. The largest absolute Gasteiger partial charge is 0.465 e. The van der Waals surface area contributed by atoms with Crippen LogP contribution < -0.4 is 5.73 Å². The molecule has 19 heavy (non-hydrogen) atoms. The first-order valence-corrected chi connectivity index (χ1v) is 6.58. The average Bonchev–Trinajstić information content (AvgIpc) is 2.33. The molecule has 2 unspecified atom stereocenters. The van der Waals surface area contributed by atoms with Crippen LogP contribution in [0.15, 0.2) is 0 Å². The van der Waals surface area contributed by atoms with E-state index in [4.69, 9.17) is 24.7 Å². The predicted molar refractivity (Wildman–Crippen MR) is 72.0 cm³/mol. The molecule has 0 radical (unpaired) electrons. The Bertz CT molecular complexity index is 245. The van der Waals surface area contributed by atoms with Gasteiger partial charge in [-0.15, -0.1) is 0 Å². The Morgan fingerprint density at radius 1 is 1.26 bits per heavy atom. The van der Waals surface area contributed by atoms with Crippen molar-refractivity contribution < 1.29 is 23.7 Å². The Morgan fingerprint density at radius 2 is 1.89 bits per heavy atom. The summed E-state index contributed by atoms with van der Waals surface area (Å²) in [6.07, 6.45) is 0.273. The van der Waals surface area contributed by atoms with Crippen LogP contribution in [0, 0.1) is 0 Å². The number of esters is 1. The predicted octanol–water partition coefficient (Wildman–Crippen LogP) is 0.725. The minimum atomic E-state index is -1.02. The molecule has 0 heterocycles. The molecule has 0 aliphatic rings. The van der Waals surface area contributed by atoms with Crippen LogP contribution in [-0.4, -0.2) is 57.8 Å². The highest BCUT2D eigenvalue weighted by Crippen LogP contribution is 2.13. The molecule has 0 rings (SSSR count). The van der Waals surface area contributed by atoms with Gasteiger partial charge in [0.15, 0.2) is 0 Å². The topological polar surface area (TPSA) is 80.0 Å². The van der Waals surface area contributed by atoms with Gasteiger partial charge in [-0.2, -0.15) is 0 Å². The Balaban J connectivity index is 3.77. The summed E-state index contributed by atoms with van der Waals surface area (Å²) in [6, 6.07) is 0. The summed E-state index contributed by atoms with van der Waals surface area (Å²) in [5.74, 6) is -0.401. The van der Waals surface area contributed by atoms with Crippen LogP contribution in [0.2, 0.25) is 0 Å². The molecule has 0 aromatic carbocycles. The average molecular weight is 277 g/mol. The van der Waals surface area contributed by atoms with E-state index < -0.39 is 11.5 Å². The van der Waals surface area contributed by atoms with E-state index in [2.05, 4.69) is 0 Å². The van der Waals surface area contributed by atoms with Gasteiger partial charge in [0.05, 0.1) is 39.1 Å². The van der Waals surface area contributed by atoms with E-state index in [0.717, 1.165) is 0 Å². The molecule has 0 saturated heterocycles. The molecule has 6 nitrogen and oxygen atoms in total. The minimum Gasteiger partial charge on any atom is -0.465 e. The first kappa shape index (κ1) is 18.3. The standard InChI is InChI=1S/C13H27NO5/c1-5-18-12(15)13(3,14)10-11(2)19-9-8-17-7-6-16-4/h11H,5-10,14H2,1-4H3. The lowest BCUT2D eigenvalue weighted by molar-refractivity contribution is -0.150. The number of methoxy groups -OCH3 is 1. The van der Waals surface area contributed by atoms with E-state index in [0.29, 0.717) is 39.5 Å². The van der Waals surface area contributed by atoms with Crippen LogP contribution in [-0.2, 0) is 23.7 Å². The molecule has 2 atom stereocenters. The second kappa shape index (κ2) is 10.1. The highest BCUT2D eigenvalue weighted by molar-refractivity contribution is 5.80. The zero-order valence-corrected chi connectivity index (χ0v) is 12.4. The van der Waals surface area contributed by atoms with Crippen molar-refractivity contribution in [1.29, 1.82) is 0 Å². The smallest absolute Gasteiger partial charge is 0.325 e. The van der Waals surface area contributed by atoms with Gasteiger partial charge >= 0.3 is 5.97 Å². The molecular formula is C13H27NO5. The maximum Gasteiger partial charge on any atom is 0.325 e. The van der Waals surface area contributed by atoms with E-state index in [9.17, 15) is 4.79 Å². The molecule has 0 aromatic rings. The third-order valence-electron chi connectivity index (χ3n) is 2.52. The van der Waals surface area contributed by atoms with Crippen molar-refractivity contribution in [3.05, 3.63) is 0 Å². The normalized spacial score (nSPS) is 15.8. The van der Waals surface area contributed by atoms with E-state index in [1.165, 1.54) is 0 Å². The lowest BCUT2D eigenvalue weighted by Crippen LogP contribution is -2.48. The molecule has 0 aliphatic heterocycles. The summed E-state index contributed by atoms with van der Waals surface area (Å²) < 4.78 is 20.6. The molecule has 0 bridgehead atoms. The monoisotopic (exact) mass is 277 g/mol. The summed E-state index contributed by atoms with van der Waals surface area (Å²) in [4.78, 5) is 11.6.